The highest BCUT2D eigenvalue weighted by Gasteiger charge is 2.00. The Hall–Kier alpha value is -1.00. The maximum Gasteiger partial charge on any atom is 0.224 e. The summed E-state index contributed by atoms with van der Waals surface area (Å²) in [5.74, 6) is 0.0253. The number of anilines is 1. The number of nitrogens with one attached hydrogen (secondary N) is 1. The van der Waals surface area contributed by atoms with Crippen LogP contribution in [0.15, 0.2) is 29.2 Å². The molecule has 1 aromatic rings. The van der Waals surface area contributed by atoms with Crippen molar-refractivity contribution in [3.63, 3.8) is 0 Å². The second-order valence-corrected chi connectivity index (χ2v) is 4.05. The molecule has 0 aliphatic carbocycles. The summed E-state index contributed by atoms with van der Waals surface area (Å²) < 4.78 is 0. The summed E-state index contributed by atoms with van der Waals surface area (Å²) in [7, 11) is 0. The zero-order valence-electron chi connectivity index (χ0n) is 8.82. The van der Waals surface area contributed by atoms with Crippen molar-refractivity contribution < 1.29 is 4.79 Å². The van der Waals surface area contributed by atoms with E-state index in [2.05, 4.69) is 5.32 Å². The van der Waals surface area contributed by atoms with E-state index in [1.807, 2.05) is 30.5 Å². The molecule has 1 rings (SSSR count). The van der Waals surface area contributed by atoms with Gasteiger partial charge in [0.25, 0.3) is 0 Å². The van der Waals surface area contributed by atoms with Gasteiger partial charge >= 0.3 is 0 Å². The molecule has 0 aliphatic heterocycles. The third-order valence-electron chi connectivity index (χ3n) is 1.98. The van der Waals surface area contributed by atoms with E-state index in [1.54, 1.807) is 11.8 Å². The van der Waals surface area contributed by atoms with Crippen molar-refractivity contribution in [2.45, 2.75) is 17.7 Å². The van der Waals surface area contributed by atoms with E-state index in [4.69, 9.17) is 5.73 Å². The van der Waals surface area contributed by atoms with Crippen molar-refractivity contribution in [1.29, 1.82) is 0 Å². The highest BCUT2D eigenvalue weighted by molar-refractivity contribution is 7.98. The van der Waals surface area contributed by atoms with Crippen LogP contribution in [0, 0.1) is 0 Å². The Kier molecular flexibility index (Phi) is 5.21. The third-order valence-corrected chi connectivity index (χ3v) is 2.73. The van der Waals surface area contributed by atoms with Crippen molar-refractivity contribution in [1.82, 2.24) is 0 Å². The van der Waals surface area contributed by atoms with E-state index < -0.39 is 0 Å². The second kappa shape index (κ2) is 6.48. The molecular weight excluding hydrogens is 208 g/mol. The molecule has 1 amide bonds. The Morgan fingerprint density at radius 1 is 1.40 bits per heavy atom. The molecule has 0 heterocycles. The zero-order valence-corrected chi connectivity index (χ0v) is 9.64. The van der Waals surface area contributed by atoms with Gasteiger partial charge in [-0.3, -0.25) is 4.79 Å². The number of benzene rings is 1. The van der Waals surface area contributed by atoms with E-state index in [0.717, 1.165) is 12.1 Å². The first-order valence-electron chi connectivity index (χ1n) is 4.90. The normalized spacial score (nSPS) is 10.0. The van der Waals surface area contributed by atoms with Crippen molar-refractivity contribution >= 4 is 23.4 Å². The number of carbonyl (C=O) groups excluding carboxylic acids is 1. The summed E-state index contributed by atoms with van der Waals surface area (Å²) in [6.07, 6.45) is 3.24. The lowest BCUT2D eigenvalue weighted by Crippen LogP contribution is -2.13. The molecule has 0 spiro atoms. The first kappa shape index (κ1) is 12.1. The summed E-state index contributed by atoms with van der Waals surface area (Å²) >= 11 is 1.68. The zero-order chi connectivity index (χ0) is 11.1. The van der Waals surface area contributed by atoms with Crippen LogP contribution in [0.25, 0.3) is 0 Å². The predicted octanol–water partition coefficient (Wildman–Crippen LogP) is 2.09. The van der Waals surface area contributed by atoms with Gasteiger partial charge in [-0.15, -0.1) is 11.8 Å². The Balaban J connectivity index is 2.46. The van der Waals surface area contributed by atoms with E-state index in [9.17, 15) is 4.79 Å². The van der Waals surface area contributed by atoms with Gasteiger partial charge < -0.3 is 11.1 Å². The summed E-state index contributed by atoms with van der Waals surface area (Å²) in [6.45, 7) is 0.554. The fourth-order valence-corrected chi connectivity index (χ4v) is 1.57. The fourth-order valence-electron chi connectivity index (χ4n) is 1.16. The molecule has 15 heavy (non-hydrogen) atoms. The Bertz CT molecular complexity index is 311. The molecule has 0 fully saturated rings. The second-order valence-electron chi connectivity index (χ2n) is 3.17. The molecule has 0 saturated carbocycles. The molecule has 0 radical (unpaired) electrons. The maximum atomic E-state index is 11.4. The van der Waals surface area contributed by atoms with E-state index in [1.165, 1.54) is 4.90 Å². The maximum absolute atomic E-state index is 11.4. The SMILES string of the molecule is CSc1ccc(NC(=O)CCCN)cc1. The van der Waals surface area contributed by atoms with Crippen LogP contribution in [-0.2, 0) is 4.79 Å². The van der Waals surface area contributed by atoms with Crippen LogP contribution in [-0.4, -0.2) is 18.7 Å². The average Bonchev–Trinajstić information content (AvgIpc) is 2.27. The standard InChI is InChI=1S/C11H16N2OS/c1-15-10-6-4-9(5-7-10)13-11(14)3-2-8-12/h4-7H,2-3,8,12H2,1H3,(H,13,14). The first-order valence-corrected chi connectivity index (χ1v) is 6.12. The van der Waals surface area contributed by atoms with E-state index >= 15 is 0 Å². The van der Waals surface area contributed by atoms with Crippen molar-refractivity contribution in [3.8, 4) is 0 Å². The lowest BCUT2D eigenvalue weighted by atomic mass is 10.2. The number of thioether (sulfide) groups is 1. The van der Waals surface area contributed by atoms with Gasteiger partial charge in [0, 0.05) is 17.0 Å². The van der Waals surface area contributed by atoms with Crippen LogP contribution in [0.2, 0.25) is 0 Å². The lowest BCUT2D eigenvalue weighted by molar-refractivity contribution is -0.116. The predicted molar refractivity (Wildman–Crippen MR) is 65.1 cm³/mol. The average molecular weight is 224 g/mol. The molecule has 0 saturated heterocycles. The van der Waals surface area contributed by atoms with Crippen LogP contribution in [0.4, 0.5) is 5.69 Å². The van der Waals surface area contributed by atoms with Gasteiger partial charge in [-0.25, -0.2) is 0 Å². The number of hydrogen-bond donors (Lipinski definition) is 2. The Labute approximate surface area is 94.4 Å². The van der Waals surface area contributed by atoms with Gasteiger partial charge in [-0.2, -0.15) is 0 Å². The molecule has 3 N–H and O–H groups in total. The monoisotopic (exact) mass is 224 g/mol. The smallest absolute Gasteiger partial charge is 0.224 e. The van der Waals surface area contributed by atoms with Crippen LogP contribution in [0.3, 0.4) is 0 Å². The molecule has 0 bridgehead atoms. The van der Waals surface area contributed by atoms with Crippen molar-refractivity contribution in [2.75, 3.05) is 18.1 Å². The molecule has 0 atom stereocenters. The summed E-state index contributed by atoms with van der Waals surface area (Å²) in [5, 5.41) is 2.82. The van der Waals surface area contributed by atoms with Crippen LogP contribution in [0.5, 0.6) is 0 Å². The minimum atomic E-state index is 0.0253. The highest BCUT2D eigenvalue weighted by atomic mass is 32.2. The van der Waals surface area contributed by atoms with Gasteiger partial charge in [0.1, 0.15) is 0 Å². The topological polar surface area (TPSA) is 55.1 Å². The largest absolute Gasteiger partial charge is 0.330 e. The minimum Gasteiger partial charge on any atom is -0.330 e. The number of nitrogens with two attached hydrogens (primary N) is 1. The van der Waals surface area contributed by atoms with E-state index in [-0.39, 0.29) is 5.91 Å². The molecular formula is C11H16N2OS. The molecule has 3 nitrogen and oxygen atoms in total. The van der Waals surface area contributed by atoms with Gasteiger partial charge in [0.2, 0.25) is 5.91 Å². The van der Waals surface area contributed by atoms with Crippen molar-refractivity contribution in [3.05, 3.63) is 24.3 Å². The molecule has 0 aliphatic rings. The summed E-state index contributed by atoms with van der Waals surface area (Å²) in [5.41, 5.74) is 6.17. The van der Waals surface area contributed by atoms with Gasteiger partial charge in [0.05, 0.1) is 0 Å². The van der Waals surface area contributed by atoms with Gasteiger partial charge in [-0.05, 0) is 43.5 Å². The first-order chi connectivity index (χ1) is 7.26. The summed E-state index contributed by atoms with van der Waals surface area (Å²) in [6, 6.07) is 7.80. The van der Waals surface area contributed by atoms with Crippen LogP contribution < -0.4 is 11.1 Å². The Morgan fingerprint density at radius 2 is 2.07 bits per heavy atom. The quantitative estimate of drug-likeness (QED) is 0.753. The molecule has 4 heteroatoms. The van der Waals surface area contributed by atoms with Crippen LogP contribution >= 0.6 is 11.8 Å². The highest BCUT2D eigenvalue weighted by Crippen LogP contribution is 2.17. The van der Waals surface area contributed by atoms with E-state index in [0.29, 0.717) is 13.0 Å². The summed E-state index contributed by atoms with van der Waals surface area (Å²) in [4.78, 5) is 12.5. The molecule has 0 aromatic heterocycles. The number of hydrogen-bond acceptors (Lipinski definition) is 3. The molecule has 1 aromatic carbocycles. The minimum absolute atomic E-state index is 0.0253. The Morgan fingerprint density at radius 3 is 2.60 bits per heavy atom. The number of amides is 1. The lowest BCUT2D eigenvalue weighted by Gasteiger charge is -2.05. The third kappa shape index (κ3) is 4.36. The van der Waals surface area contributed by atoms with Crippen LogP contribution in [0.1, 0.15) is 12.8 Å². The molecule has 82 valence electrons. The van der Waals surface area contributed by atoms with Gasteiger partial charge in [-0.1, -0.05) is 0 Å². The number of rotatable bonds is 5. The van der Waals surface area contributed by atoms with Crippen molar-refractivity contribution in [2.24, 2.45) is 5.73 Å². The van der Waals surface area contributed by atoms with Gasteiger partial charge in [0.15, 0.2) is 0 Å². The molecule has 0 unspecified atom stereocenters. The number of carbonyl (C=O) groups is 1. The fraction of sp³-hybridized carbons (Fsp3) is 0.364.